The minimum atomic E-state index is -0.595. The first-order chi connectivity index (χ1) is 8.79. The van der Waals surface area contributed by atoms with Gasteiger partial charge in [0, 0.05) is 11.1 Å². The van der Waals surface area contributed by atoms with Crippen LogP contribution < -0.4 is 11.2 Å². The van der Waals surface area contributed by atoms with Crippen LogP contribution in [0.15, 0.2) is 11.8 Å². The number of hydrogen-bond donors (Lipinski definition) is 2. The first kappa shape index (κ1) is 18.8. The van der Waals surface area contributed by atoms with Crippen molar-refractivity contribution in [1.29, 1.82) is 0 Å². The SMILES string of the molecule is CC=C(N)C(C)(C)CC(C)(C)ONC(=O)OC(C)(C)C. The van der Waals surface area contributed by atoms with Crippen LogP contribution in [-0.4, -0.2) is 17.3 Å². The third kappa shape index (κ3) is 7.38. The average molecular weight is 286 g/mol. The minimum Gasteiger partial charge on any atom is -0.442 e. The number of amides is 1. The summed E-state index contributed by atoms with van der Waals surface area (Å²) in [7, 11) is 0. The van der Waals surface area contributed by atoms with E-state index in [4.69, 9.17) is 15.3 Å². The maximum Gasteiger partial charge on any atom is 0.431 e. The van der Waals surface area contributed by atoms with E-state index >= 15 is 0 Å². The number of ether oxygens (including phenoxy) is 1. The van der Waals surface area contributed by atoms with Crippen LogP contribution in [0.1, 0.15) is 61.8 Å². The summed E-state index contributed by atoms with van der Waals surface area (Å²) in [5.74, 6) is 0. The van der Waals surface area contributed by atoms with Gasteiger partial charge in [-0.3, -0.25) is 4.84 Å². The lowest BCUT2D eigenvalue weighted by atomic mass is 9.79. The van der Waals surface area contributed by atoms with Crippen LogP contribution in [0.3, 0.4) is 0 Å². The Labute approximate surface area is 122 Å². The van der Waals surface area contributed by atoms with E-state index in [1.807, 2.05) is 40.7 Å². The van der Waals surface area contributed by atoms with Crippen molar-refractivity contribution in [3.63, 3.8) is 0 Å². The van der Waals surface area contributed by atoms with Gasteiger partial charge in [-0.15, -0.1) is 0 Å². The van der Waals surface area contributed by atoms with E-state index in [0.717, 1.165) is 5.70 Å². The van der Waals surface area contributed by atoms with Crippen LogP contribution in [0.25, 0.3) is 0 Å². The van der Waals surface area contributed by atoms with Gasteiger partial charge in [0.25, 0.3) is 0 Å². The Hall–Kier alpha value is -1.23. The largest absolute Gasteiger partial charge is 0.442 e. The lowest BCUT2D eigenvalue weighted by molar-refractivity contribution is -0.101. The van der Waals surface area contributed by atoms with Crippen molar-refractivity contribution < 1.29 is 14.4 Å². The van der Waals surface area contributed by atoms with Crippen molar-refractivity contribution in [2.45, 2.75) is 73.0 Å². The molecule has 0 aliphatic carbocycles. The van der Waals surface area contributed by atoms with Crippen molar-refractivity contribution in [3.05, 3.63) is 11.8 Å². The topological polar surface area (TPSA) is 73.6 Å². The summed E-state index contributed by atoms with van der Waals surface area (Å²) in [5.41, 5.74) is 7.80. The molecule has 5 nitrogen and oxygen atoms in total. The molecule has 0 aromatic rings. The van der Waals surface area contributed by atoms with E-state index in [-0.39, 0.29) is 5.41 Å². The summed E-state index contributed by atoms with van der Waals surface area (Å²) >= 11 is 0. The van der Waals surface area contributed by atoms with Crippen molar-refractivity contribution in [1.82, 2.24) is 5.48 Å². The van der Waals surface area contributed by atoms with Crippen molar-refractivity contribution in [2.24, 2.45) is 11.1 Å². The maximum absolute atomic E-state index is 11.6. The molecule has 5 heteroatoms. The van der Waals surface area contributed by atoms with Crippen LogP contribution in [-0.2, 0) is 9.57 Å². The molecule has 0 aliphatic rings. The first-order valence-electron chi connectivity index (χ1n) is 6.88. The molecule has 1 amide bonds. The molecule has 20 heavy (non-hydrogen) atoms. The highest BCUT2D eigenvalue weighted by atomic mass is 16.7. The van der Waals surface area contributed by atoms with Crippen LogP contribution in [0.4, 0.5) is 4.79 Å². The molecule has 0 radical (unpaired) electrons. The van der Waals surface area contributed by atoms with Crippen LogP contribution in [0, 0.1) is 5.41 Å². The van der Waals surface area contributed by atoms with Crippen molar-refractivity contribution in [2.75, 3.05) is 0 Å². The zero-order valence-electron chi connectivity index (χ0n) is 14.1. The fourth-order valence-corrected chi connectivity index (χ4v) is 2.07. The molecule has 0 aromatic heterocycles. The molecule has 3 N–H and O–H groups in total. The third-order valence-electron chi connectivity index (χ3n) is 2.77. The van der Waals surface area contributed by atoms with Gasteiger partial charge in [-0.1, -0.05) is 19.9 Å². The second kappa shape index (κ2) is 6.48. The summed E-state index contributed by atoms with van der Waals surface area (Å²) < 4.78 is 5.12. The quantitative estimate of drug-likeness (QED) is 0.759. The Bertz CT molecular complexity index is 366. The number of nitrogens with one attached hydrogen (secondary N) is 1. The second-order valence-electron chi connectivity index (χ2n) is 7.27. The number of nitrogens with two attached hydrogens (primary N) is 1. The van der Waals surface area contributed by atoms with Gasteiger partial charge in [-0.25, -0.2) is 4.79 Å². The molecule has 0 atom stereocenters. The number of hydrogen-bond acceptors (Lipinski definition) is 4. The normalized spacial score (nSPS) is 14.1. The lowest BCUT2D eigenvalue weighted by Crippen LogP contribution is -2.42. The van der Waals surface area contributed by atoms with E-state index in [0.29, 0.717) is 6.42 Å². The molecule has 118 valence electrons. The van der Waals surface area contributed by atoms with Crippen LogP contribution in [0.5, 0.6) is 0 Å². The van der Waals surface area contributed by atoms with Gasteiger partial charge >= 0.3 is 6.09 Å². The second-order valence-corrected chi connectivity index (χ2v) is 7.27. The Morgan fingerprint density at radius 2 is 1.65 bits per heavy atom. The van der Waals surface area contributed by atoms with Crippen LogP contribution >= 0.6 is 0 Å². The van der Waals surface area contributed by atoms with Gasteiger partial charge in [0.1, 0.15) is 5.60 Å². The van der Waals surface area contributed by atoms with Gasteiger partial charge in [-0.05, 0) is 48.0 Å². The molecular formula is C15H30N2O3. The standard InChI is InChI=1S/C15H30N2O3/c1-9-11(16)14(5,6)10-15(7,8)20-17-12(18)19-13(2,3)4/h9H,10,16H2,1-8H3,(H,17,18). The maximum atomic E-state index is 11.6. The monoisotopic (exact) mass is 286 g/mol. The smallest absolute Gasteiger partial charge is 0.431 e. The number of rotatable bonds is 5. The Morgan fingerprint density at radius 3 is 2.05 bits per heavy atom. The first-order valence-corrected chi connectivity index (χ1v) is 6.88. The average Bonchev–Trinajstić information content (AvgIpc) is 2.21. The predicted molar refractivity (Wildman–Crippen MR) is 80.9 cm³/mol. The molecule has 0 aliphatic heterocycles. The highest BCUT2D eigenvalue weighted by molar-refractivity contribution is 5.66. The summed E-state index contributed by atoms with van der Waals surface area (Å²) in [6.45, 7) is 15.2. The molecule has 0 saturated heterocycles. The zero-order chi connectivity index (χ0) is 16.2. The molecule has 0 bridgehead atoms. The van der Waals surface area contributed by atoms with E-state index in [1.165, 1.54) is 0 Å². The molecule has 0 heterocycles. The van der Waals surface area contributed by atoms with Gasteiger partial charge in [-0.2, -0.15) is 5.48 Å². The number of carbonyl (C=O) groups excluding carboxylic acids is 1. The zero-order valence-corrected chi connectivity index (χ0v) is 14.1. The molecular weight excluding hydrogens is 256 g/mol. The third-order valence-corrected chi connectivity index (χ3v) is 2.77. The number of carbonyl (C=O) groups is 1. The fraction of sp³-hybridized carbons (Fsp3) is 0.800. The molecule has 0 aromatic carbocycles. The Balaban J connectivity index is 4.51. The number of hydroxylamine groups is 1. The van der Waals surface area contributed by atoms with Crippen molar-refractivity contribution in [3.8, 4) is 0 Å². The summed E-state index contributed by atoms with van der Waals surface area (Å²) in [6.07, 6.45) is 1.95. The minimum absolute atomic E-state index is 0.214. The molecule has 0 rings (SSSR count). The Morgan fingerprint density at radius 1 is 1.15 bits per heavy atom. The summed E-state index contributed by atoms with van der Waals surface area (Å²) in [4.78, 5) is 17.0. The van der Waals surface area contributed by atoms with Gasteiger partial charge in [0.05, 0.1) is 5.60 Å². The van der Waals surface area contributed by atoms with E-state index in [2.05, 4.69) is 5.48 Å². The van der Waals surface area contributed by atoms with Gasteiger partial charge in [0.2, 0.25) is 0 Å². The van der Waals surface area contributed by atoms with E-state index < -0.39 is 17.3 Å². The van der Waals surface area contributed by atoms with Crippen LogP contribution in [0.2, 0.25) is 0 Å². The summed E-state index contributed by atoms with van der Waals surface area (Å²) in [6, 6.07) is 0. The lowest BCUT2D eigenvalue weighted by Gasteiger charge is -2.34. The fourth-order valence-electron chi connectivity index (χ4n) is 2.07. The summed E-state index contributed by atoms with van der Waals surface area (Å²) in [5, 5.41) is 0. The van der Waals surface area contributed by atoms with Crippen molar-refractivity contribution >= 4 is 6.09 Å². The highest BCUT2D eigenvalue weighted by Gasteiger charge is 2.32. The van der Waals surface area contributed by atoms with Gasteiger partial charge in [0.15, 0.2) is 0 Å². The Kier molecular flexibility index (Phi) is 6.08. The van der Waals surface area contributed by atoms with Gasteiger partial charge < -0.3 is 10.5 Å². The van der Waals surface area contributed by atoms with E-state index in [9.17, 15) is 4.79 Å². The molecule has 0 saturated carbocycles. The molecule has 0 fully saturated rings. The number of allylic oxidation sites excluding steroid dienone is 2. The highest BCUT2D eigenvalue weighted by Crippen LogP contribution is 2.33. The molecule has 0 spiro atoms. The predicted octanol–water partition coefficient (Wildman–Crippen LogP) is 3.50. The molecule has 0 unspecified atom stereocenters. The van der Waals surface area contributed by atoms with E-state index in [1.54, 1.807) is 20.8 Å².